The van der Waals surface area contributed by atoms with Crippen LogP contribution >= 0.6 is 11.3 Å². The number of hydrogen-bond donors (Lipinski definition) is 1. The zero-order chi connectivity index (χ0) is 20.6. The highest BCUT2D eigenvalue weighted by atomic mass is 32.2. The van der Waals surface area contributed by atoms with Crippen LogP contribution in [0.25, 0.3) is 22.2 Å². The smallest absolute Gasteiger partial charge is 0.290 e. The Morgan fingerprint density at radius 2 is 2.00 bits per heavy atom. The molecule has 1 N–H and O–H groups in total. The predicted octanol–water partition coefficient (Wildman–Crippen LogP) is 4.21. The summed E-state index contributed by atoms with van der Waals surface area (Å²) in [4.78, 5) is 3.20. The molecule has 150 valence electrons. The molecule has 4 aromatic rings. The van der Waals surface area contributed by atoms with Crippen molar-refractivity contribution in [3.05, 3.63) is 69.8 Å². The minimum absolute atomic E-state index is 0.00942. The standard InChI is InChI=1S/C21H20N2O4S2/c1-3-29(25,26)16-4-5-20(27-12-15-7-9-28-13-15)19(11-16)18-10-14(2)23(24)21-17(18)6-8-22-21/h4-11,13,22H,3,12H2,1-2H3. The monoisotopic (exact) mass is 428 g/mol. The van der Waals surface area contributed by atoms with Gasteiger partial charge in [-0.25, -0.2) is 18.1 Å². The Kier molecular flexibility index (Phi) is 5.06. The Bertz CT molecular complexity index is 1280. The lowest BCUT2D eigenvalue weighted by Gasteiger charge is -2.16. The third-order valence-electron chi connectivity index (χ3n) is 4.85. The zero-order valence-electron chi connectivity index (χ0n) is 16.0. The molecule has 29 heavy (non-hydrogen) atoms. The van der Waals surface area contributed by atoms with Gasteiger partial charge in [0.1, 0.15) is 18.1 Å². The number of aromatic nitrogens is 2. The molecule has 0 bridgehead atoms. The summed E-state index contributed by atoms with van der Waals surface area (Å²) in [7, 11) is -3.39. The van der Waals surface area contributed by atoms with E-state index in [1.165, 1.54) is 0 Å². The summed E-state index contributed by atoms with van der Waals surface area (Å²) in [6.45, 7) is 3.71. The first-order chi connectivity index (χ1) is 13.9. The minimum Gasteiger partial charge on any atom is -0.710 e. The van der Waals surface area contributed by atoms with E-state index in [0.29, 0.717) is 34.6 Å². The molecule has 0 amide bonds. The van der Waals surface area contributed by atoms with Crippen molar-refractivity contribution in [1.29, 1.82) is 0 Å². The molecular formula is C21H20N2O4S2. The number of hydrogen-bond acceptors (Lipinski definition) is 5. The molecular weight excluding hydrogens is 408 g/mol. The van der Waals surface area contributed by atoms with Crippen molar-refractivity contribution in [3.8, 4) is 16.9 Å². The fourth-order valence-corrected chi connectivity index (χ4v) is 4.79. The van der Waals surface area contributed by atoms with E-state index in [1.54, 1.807) is 55.6 Å². The molecule has 0 unspecified atom stereocenters. The van der Waals surface area contributed by atoms with Crippen LogP contribution in [-0.2, 0) is 16.4 Å². The van der Waals surface area contributed by atoms with Gasteiger partial charge >= 0.3 is 0 Å². The number of pyridine rings is 1. The number of aromatic amines is 1. The number of nitrogens with zero attached hydrogens (tertiary/aromatic N) is 1. The first-order valence-corrected chi connectivity index (χ1v) is 11.7. The first-order valence-electron chi connectivity index (χ1n) is 9.12. The zero-order valence-corrected chi connectivity index (χ0v) is 17.6. The van der Waals surface area contributed by atoms with E-state index in [2.05, 4.69) is 4.98 Å². The van der Waals surface area contributed by atoms with Crippen molar-refractivity contribution in [2.45, 2.75) is 25.3 Å². The van der Waals surface area contributed by atoms with Gasteiger partial charge in [0.2, 0.25) is 0 Å². The molecule has 0 aliphatic carbocycles. The third kappa shape index (κ3) is 3.61. The second kappa shape index (κ2) is 7.53. The summed E-state index contributed by atoms with van der Waals surface area (Å²) < 4.78 is 31.8. The molecule has 3 heterocycles. The quantitative estimate of drug-likeness (QED) is 0.368. The van der Waals surface area contributed by atoms with Crippen LogP contribution in [0.4, 0.5) is 0 Å². The Hall–Kier alpha value is -2.84. The van der Waals surface area contributed by atoms with Crippen molar-refractivity contribution < 1.29 is 17.9 Å². The van der Waals surface area contributed by atoms with Crippen LogP contribution in [0.2, 0.25) is 0 Å². The molecule has 6 nitrogen and oxygen atoms in total. The van der Waals surface area contributed by atoms with Gasteiger partial charge in [0.05, 0.1) is 22.2 Å². The maximum absolute atomic E-state index is 12.5. The van der Waals surface area contributed by atoms with Crippen molar-refractivity contribution in [3.63, 3.8) is 0 Å². The molecule has 8 heteroatoms. The van der Waals surface area contributed by atoms with Crippen molar-refractivity contribution in [2.24, 2.45) is 0 Å². The maximum atomic E-state index is 12.5. The summed E-state index contributed by atoms with van der Waals surface area (Å²) in [5.41, 5.74) is 3.36. The Morgan fingerprint density at radius 1 is 1.17 bits per heavy atom. The van der Waals surface area contributed by atoms with Crippen LogP contribution in [0.1, 0.15) is 18.2 Å². The largest absolute Gasteiger partial charge is 0.710 e. The van der Waals surface area contributed by atoms with Gasteiger partial charge in [-0.15, -0.1) is 0 Å². The number of aryl methyl sites for hydroxylation is 1. The molecule has 0 saturated carbocycles. The maximum Gasteiger partial charge on any atom is 0.290 e. The van der Waals surface area contributed by atoms with E-state index in [1.807, 2.05) is 22.9 Å². The lowest BCUT2D eigenvalue weighted by atomic mass is 10.0. The van der Waals surface area contributed by atoms with Gasteiger partial charge in [0, 0.05) is 11.1 Å². The SMILES string of the molecule is CCS(=O)(=O)c1ccc(OCc2ccsc2)c(-c2cc(C)[n+]([O-])c3[nH]ccc23)c1. The molecule has 1 aromatic carbocycles. The van der Waals surface area contributed by atoms with E-state index >= 15 is 0 Å². The van der Waals surface area contributed by atoms with Crippen LogP contribution in [0.3, 0.4) is 0 Å². The van der Waals surface area contributed by atoms with Gasteiger partial charge in [0.15, 0.2) is 9.84 Å². The average Bonchev–Trinajstić information content (AvgIpc) is 3.41. The van der Waals surface area contributed by atoms with E-state index in [0.717, 1.165) is 15.9 Å². The van der Waals surface area contributed by atoms with Gasteiger partial charge in [-0.1, -0.05) is 6.92 Å². The second-order valence-corrected chi connectivity index (χ2v) is 9.77. The van der Waals surface area contributed by atoms with Crippen LogP contribution in [0.5, 0.6) is 5.75 Å². The molecule has 4 rings (SSSR count). The first kappa shape index (κ1) is 19.5. The van der Waals surface area contributed by atoms with Crippen LogP contribution < -0.4 is 9.47 Å². The fourth-order valence-electron chi connectivity index (χ4n) is 3.23. The van der Waals surface area contributed by atoms with Crippen LogP contribution in [-0.4, -0.2) is 19.2 Å². The topological polar surface area (TPSA) is 86.1 Å². The number of nitrogens with one attached hydrogen (secondary N) is 1. The summed E-state index contributed by atoms with van der Waals surface area (Å²) in [5, 5.41) is 17.1. The number of thiophene rings is 1. The average molecular weight is 429 g/mol. The minimum atomic E-state index is -3.39. The summed E-state index contributed by atoms with van der Waals surface area (Å²) in [6, 6.07) is 10.5. The van der Waals surface area contributed by atoms with Gasteiger partial charge < -0.3 is 9.94 Å². The van der Waals surface area contributed by atoms with E-state index < -0.39 is 9.84 Å². The van der Waals surface area contributed by atoms with Crippen molar-refractivity contribution in [1.82, 2.24) is 4.98 Å². The lowest BCUT2D eigenvalue weighted by Crippen LogP contribution is -2.31. The van der Waals surface area contributed by atoms with E-state index in [9.17, 15) is 13.6 Å². The number of benzene rings is 1. The molecule has 0 aliphatic heterocycles. The molecule has 3 aromatic heterocycles. The van der Waals surface area contributed by atoms with Crippen LogP contribution in [0.15, 0.2) is 58.3 Å². The molecule has 0 aliphatic rings. The van der Waals surface area contributed by atoms with Gasteiger partial charge in [-0.05, 0) is 59.6 Å². The molecule has 0 atom stereocenters. The van der Waals surface area contributed by atoms with Crippen molar-refractivity contribution in [2.75, 3.05) is 5.75 Å². The molecule has 0 saturated heterocycles. The summed E-state index contributed by atoms with van der Waals surface area (Å²) in [5.74, 6) is 0.576. The summed E-state index contributed by atoms with van der Waals surface area (Å²) >= 11 is 1.59. The number of sulfone groups is 1. The van der Waals surface area contributed by atoms with Crippen molar-refractivity contribution >= 4 is 32.2 Å². The second-order valence-electron chi connectivity index (χ2n) is 6.72. The van der Waals surface area contributed by atoms with Crippen LogP contribution in [0, 0.1) is 12.1 Å². The Labute approximate surface area is 172 Å². The highest BCUT2D eigenvalue weighted by Crippen LogP contribution is 2.37. The molecule has 0 spiro atoms. The normalized spacial score (nSPS) is 11.8. The third-order valence-corrected chi connectivity index (χ3v) is 7.31. The Morgan fingerprint density at radius 3 is 2.72 bits per heavy atom. The lowest BCUT2D eigenvalue weighted by molar-refractivity contribution is -0.586. The highest BCUT2D eigenvalue weighted by Gasteiger charge is 2.20. The van der Waals surface area contributed by atoms with E-state index in [-0.39, 0.29) is 10.6 Å². The molecule has 0 fully saturated rings. The van der Waals surface area contributed by atoms with Gasteiger partial charge in [0.25, 0.3) is 5.65 Å². The summed E-state index contributed by atoms with van der Waals surface area (Å²) in [6.07, 6.45) is 1.69. The van der Waals surface area contributed by atoms with Gasteiger partial charge in [-0.3, -0.25) is 0 Å². The number of rotatable bonds is 6. The van der Waals surface area contributed by atoms with E-state index in [4.69, 9.17) is 4.74 Å². The number of fused-ring (bicyclic) bond motifs is 1. The number of ether oxygens (including phenoxy) is 1. The fraction of sp³-hybridized carbons (Fsp3) is 0.190. The number of H-pyrrole nitrogens is 1. The highest BCUT2D eigenvalue weighted by molar-refractivity contribution is 7.91. The van der Waals surface area contributed by atoms with Gasteiger partial charge in [-0.2, -0.15) is 11.3 Å². The molecule has 0 radical (unpaired) electrons. The Balaban J connectivity index is 1.90. The predicted molar refractivity (Wildman–Crippen MR) is 114 cm³/mol.